The fourth-order valence-corrected chi connectivity index (χ4v) is 2.98. The summed E-state index contributed by atoms with van der Waals surface area (Å²) in [6.07, 6.45) is 3.07. The van der Waals surface area contributed by atoms with E-state index >= 15 is 0 Å². The SMILES string of the molecule is CN1C(=O)C2C3C=CC(C)(O3)C2C1O. The molecule has 0 radical (unpaired) electrons. The van der Waals surface area contributed by atoms with E-state index in [1.807, 2.05) is 19.1 Å². The van der Waals surface area contributed by atoms with Gasteiger partial charge in [-0.3, -0.25) is 4.79 Å². The maximum absolute atomic E-state index is 11.8. The smallest absolute Gasteiger partial charge is 0.231 e. The molecule has 5 unspecified atom stereocenters. The van der Waals surface area contributed by atoms with E-state index in [1.165, 1.54) is 4.90 Å². The highest BCUT2D eigenvalue weighted by molar-refractivity contribution is 5.83. The zero-order valence-corrected chi connectivity index (χ0v) is 8.18. The number of rotatable bonds is 0. The zero-order valence-electron chi connectivity index (χ0n) is 8.18. The molecule has 0 spiro atoms. The fourth-order valence-electron chi connectivity index (χ4n) is 2.98. The monoisotopic (exact) mass is 195 g/mol. The maximum Gasteiger partial charge on any atom is 0.231 e. The summed E-state index contributed by atoms with van der Waals surface area (Å²) in [5, 5.41) is 9.92. The van der Waals surface area contributed by atoms with Gasteiger partial charge >= 0.3 is 0 Å². The van der Waals surface area contributed by atoms with E-state index in [1.54, 1.807) is 7.05 Å². The zero-order chi connectivity index (χ0) is 10.1. The molecular weight excluding hydrogens is 182 g/mol. The lowest BCUT2D eigenvalue weighted by molar-refractivity contribution is -0.137. The molecule has 3 heterocycles. The van der Waals surface area contributed by atoms with Gasteiger partial charge in [-0.2, -0.15) is 0 Å². The maximum atomic E-state index is 11.8. The van der Waals surface area contributed by atoms with Crippen molar-refractivity contribution in [1.29, 1.82) is 0 Å². The second-order valence-electron chi connectivity index (χ2n) is 4.54. The molecule has 2 fully saturated rings. The van der Waals surface area contributed by atoms with Crippen LogP contribution in [0.5, 0.6) is 0 Å². The molecule has 0 aromatic carbocycles. The molecule has 0 aromatic rings. The lowest BCUT2D eigenvalue weighted by Crippen LogP contribution is -2.40. The van der Waals surface area contributed by atoms with Crippen molar-refractivity contribution in [3.63, 3.8) is 0 Å². The number of aliphatic hydroxyl groups excluding tert-OH is 1. The van der Waals surface area contributed by atoms with Crippen molar-refractivity contribution in [2.24, 2.45) is 11.8 Å². The van der Waals surface area contributed by atoms with E-state index in [0.717, 1.165) is 0 Å². The van der Waals surface area contributed by atoms with Crippen molar-refractivity contribution in [2.75, 3.05) is 7.05 Å². The van der Waals surface area contributed by atoms with Gasteiger partial charge in [-0.05, 0) is 6.92 Å². The topological polar surface area (TPSA) is 49.8 Å². The molecule has 0 saturated carbocycles. The number of likely N-dealkylation sites (tertiary alicyclic amines) is 1. The third-order valence-corrected chi connectivity index (χ3v) is 3.76. The number of amides is 1. The predicted octanol–water partition coefficient (Wildman–Crippen LogP) is -0.264. The van der Waals surface area contributed by atoms with Crippen LogP contribution in [0.25, 0.3) is 0 Å². The summed E-state index contributed by atoms with van der Waals surface area (Å²) >= 11 is 0. The lowest BCUT2D eigenvalue weighted by atomic mass is 9.77. The number of ether oxygens (including phenoxy) is 1. The second kappa shape index (κ2) is 2.20. The highest BCUT2D eigenvalue weighted by atomic mass is 16.5. The number of hydrogen-bond acceptors (Lipinski definition) is 3. The molecule has 0 aliphatic carbocycles. The average Bonchev–Trinajstić information content (AvgIpc) is 2.72. The first-order valence-corrected chi connectivity index (χ1v) is 4.86. The minimum atomic E-state index is -0.701. The van der Waals surface area contributed by atoms with E-state index in [2.05, 4.69) is 0 Å². The van der Waals surface area contributed by atoms with Crippen LogP contribution in [0, 0.1) is 11.8 Å². The van der Waals surface area contributed by atoms with Crippen LogP contribution in [0.3, 0.4) is 0 Å². The Morgan fingerprint density at radius 3 is 3.00 bits per heavy atom. The van der Waals surface area contributed by atoms with Crippen LogP contribution < -0.4 is 0 Å². The van der Waals surface area contributed by atoms with Crippen LogP contribution in [0.4, 0.5) is 0 Å². The molecule has 1 N–H and O–H groups in total. The van der Waals surface area contributed by atoms with E-state index in [4.69, 9.17) is 4.74 Å². The Balaban J connectivity index is 2.08. The Morgan fingerprint density at radius 1 is 1.64 bits per heavy atom. The largest absolute Gasteiger partial charge is 0.373 e. The summed E-state index contributed by atoms with van der Waals surface area (Å²) in [6.45, 7) is 1.93. The van der Waals surface area contributed by atoms with Gasteiger partial charge in [0.2, 0.25) is 5.91 Å². The molecule has 5 atom stereocenters. The molecule has 3 rings (SSSR count). The third-order valence-electron chi connectivity index (χ3n) is 3.76. The van der Waals surface area contributed by atoms with Crippen molar-refractivity contribution in [3.05, 3.63) is 12.2 Å². The number of carbonyl (C=O) groups excluding carboxylic acids is 1. The number of hydrogen-bond donors (Lipinski definition) is 1. The van der Waals surface area contributed by atoms with Gasteiger partial charge in [0.1, 0.15) is 6.23 Å². The second-order valence-corrected chi connectivity index (χ2v) is 4.54. The molecule has 2 saturated heterocycles. The molecule has 1 amide bonds. The van der Waals surface area contributed by atoms with Gasteiger partial charge in [-0.15, -0.1) is 0 Å². The highest BCUT2D eigenvalue weighted by Crippen LogP contribution is 2.52. The number of aliphatic hydroxyl groups is 1. The van der Waals surface area contributed by atoms with E-state index < -0.39 is 11.8 Å². The van der Waals surface area contributed by atoms with Crippen molar-refractivity contribution in [1.82, 2.24) is 4.90 Å². The van der Waals surface area contributed by atoms with Crippen LogP contribution >= 0.6 is 0 Å². The average molecular weight is 195 g/mol. The van der Waals surface area contributed by atoms with Gasteiger partial charge in [0, 0.05) is 7.05 Å². The quantitative estimate of drug-likeness (QED) is 0.542. The summed E-state index contributed by atoms with van der Waals surface area (Å²) in [5.74, 6) is -0.277. The number of fused-ring (bicyclic) bond motifs is 5. The van der Waals surface area contributed by atoms with Crippen molar-refractivity contribution in [2.45, 2.75) is 24.9 Å². The molecule has 14 heavy (non-hydrogen) atoms. The van der Waals surface area contributed by atoms with Gasteiger partial charge in [0.05, 0.1) is 23.5 Å². The fraction of sp³-hybridized carbons (Fsp3) is 0.700. The molecule has 4 heteroatoms. The lowest BCUT2D eigenvalue weighted by Gasteiger charge is -2.28. The number of nitrogens with zero attached hydrogens (tertiary/aromatic N) is 1. The van der Waals surface area contributed by atoms with Gasteiger partial charge in [0.15, 0.2) is 0 Å². The first kappa shape index (κ1) is 8.44. The summed E-state index contributed by atoms with van der Waals surface area (Å²) < 4.78 is 5.70. The molecular formula is C10H13NO3. The minimum absolute atomic E-state index is 0.000532. The Bertz CT molecular complexity index is 340. The third kappa shape index (κ3) is 0.709. The van der Waals surface area contributed by atoms with Gasteiger partial charge in [-0.1, -0.05) is 12.2 Å². The van der Waals surface area contributed by atoms with E-state index in [-0.39, 0.29) is 23.8 Å². The van der Waals surface area contributed by atoms with E-state index in [0.29, 0.717) is 0 Å². The van der Waals surface area contributed by atoms with Crippen molar-refractivity contribution in [3.8, 4) is 0 Å². The van der Waals surface area contributed by atoms with Crippen LogP contribution in [-0.2, 0) is 9.53 Å². The summed E-state index contributed by atoms with van der Waals surface area (Å²) in [5.41, 5.74) is -0.449. The van der Waals surface area contributed by atoms with Gasteiger partial charge < -0.3 is 14.7 Å². The molecule has 76 valence electrons. The van der Waals surface area contributed by atoms with Crippen LogP contribution in [0.1, 0.15) is 6.92 Å². The van der Waals surface area contributed by atoms with Gasteiger partial charge in [-0.25, -0.2) is 0 Å². The Kier molecular flexibility index (Phi) is 1.33. The Labute approximate surface area is 82.1 Å². The molecule has 4 nitrogen and oxygen atoms in total. The summed E-state index contributed by atoms with van der Waals surface area (Å²) in [7, 11) is 1.65. The predicted molar refractivity (Wildman–Crippen MR) is 48.2 cm³/mol. The highest BCUT2D eigenvalue weighted by Gasteiger charge is 2.64. The normalized spacial score (nSPS) is 54.5. The molecule has 2 bridgehead atoms. The van der Waals surface area contributed by atoms with Crippen LogP contribution in [0.15, 0.2) is 12.2 Å². The van der Waals surface area contributed by atoms with E-state index in [9.17, 15) is 9.90 Å². The van der Waals surface area contributed by atoms with Gasteiger partial charge in [0.25, 0.3) is 0 Å². The van der Waals surface area contributed by atoms with Crippen LogP contribution in [0.2, 0.25) is 0 Å². The van der Waals surface area contributed by atoms with Crippen molar-refractivity contribution < 1.29 is 14.6 Å². The minimum Gasteiger partial charge on any atom is -0.373 e. The molecule has 3 aliphatic rings. The summed E-state index contributed by atoms with van der Waals surface area (Å²) in [4.78, 5) is 13.2. The first-order chi connectivity index (χ1) is 6.54. The number of carbonyl (C=O) groups is 1. The Morgan fingerprint density at radius 2 is 2.36 bits per heavy atom. The van der Waals surface area contributed by atoms with Crippen LogP contribution in [-0.4, -0.2) is 40.9 Å². The molecule has 0 aromatic heterocycles. The first-order valence-electron chi connectivity index (χ1n) is 4.86. The van der Waals surface area contributed by atoms with Crippen molar-refractivity contribution >= 4 is 5.91 Å². The Hall–Kier alpha value is -0.870. The summed E-state index contributed by atoms with van der Waals surface area (Å²) in [6, 6.07) is 0. The standard InChI is InChI=1S/C10H13NO3/c1-10-4-3-5(14-10)6-7(10)9(13)11(2)8(6)12/h3-7,9,13H,1-2H3. The molecule has 3 aliphatic heterocycles.